The summed E-state index contributed by atoms with van der Waals surface area (Å²) in [6.45, 7) is 8.69. The fraction of sp³-hybridized carbons (Fsp3) is 0.696. The van der Waals surface area contributed by atoms with Crippen molar-refractivity contribution in [2.75, 3.05) is 0 Å². The molecule has 0 aromatic heterocycles. The van der Waals surface area contributed by atoms with E-state index in [-0.39, 0.29) is 22.8 Å². The van der Waals surface area contributed by atoms with Gasteiger partial charge in [0, 0.05) is 11.5 Å². The molecule has 0 bridgehead atoms. The highest BCUT2D eigenvalue weighted by Gasteiger charge is 2.54. The van der Waals surface area contributed by atoms with Crippen LogP contribution in [0.1, 0.15) is 100 Å². The van der Waals surface area contributed by atoms with Crippen LogP contribution in [-0.4, -0.2) is 21.8 Å². The maximum atomic E-state index is 12.0. The van der Waals surface area contributed by atoms with E-state index in [4.69, 9.17) is 4.74 Å². The van der Waals surface area contributed by atoms with Gasteiger partial charge < -0.3 is 14.9 Å². The van der Waals surface area contributed by atoms with E-state index >= 15 is 0 Å². The Labute approximate surface area is 162 Å². The lowest BCUT2D eigenvalue weighted by atomic mass is 9.69. The second-order valence-corrected chi connectivity index (χ2v) is 8.60. The van der Waals surface area contributed by atoms with E-state index in [0.29, 0.717) is 29.6 Å². The van der Waals surface area contributed by atoms with Crippen LogP contribution in [-0.2, 0) is 6.42 Å². The lowest BCUT2D eigenvalue weighted by Gasteiger charge is -2.45. The van der Waals surface area contributed by atoms with Gasteiger partial charge in [-0.05, 0) is 62.5 Å². The second kappa shape index (κ2) is 7.73. The second-order valence-electron chi connectivity index (χ2n) is 8.60. The van der Waals surface area contributed by atoms with E-state index in [1.165, 1.54) is 0 Å². The zero-order valence-corrected chi connectivity index (χ0v) is 17.2. The molecule has 1 aliphatic carbocycles. The molecule has 4 heteroatoms. The first-order valence-corrected chi connectivity index (χ1v) is 10.7. The van der Waals surface area contributed by atoms with E-state index in [1.807, 2.05) is 6.07 Å². The number of hydrogen-bond acceptors (Lipinski definition) is 3. The molecule has 1 aliphatic heterocycles. The number of carboxylic acid groups (broad SMARTS) is 1. The molecule has 0 radical (unpaired) electrons. The van der Waals surface area contributed by atoms with E-state index in [2.05, 4.69) is 27.7 Å². The molecular formula is C23H34O4. The largest absolute Gasteiger partial charge is 0.507 e. The number of rotatable bonds is 7. The molecule has 0 amide bonds. The van der Waals surface area contributed by atoms with Crippen LogP contribution in [0.3, 0.4) is 0 Å². The zero-order chi connectivity index (χ0) is 19.8. The highest BCUT2D eigenvalue weighted by molar-refractivity contribution is 5.94. The summed E-state index contributed by atoms with van der Waals surface area (Å²) in [4.78, 5) is 12.0. The van der Waals surface area contributed by atoms with E-state index < -0.39 is 5.97 Å². The van der Waals surface area contributed by atoms with Crippen LogP contribution in [0.2, 0.25) is 0 Å². The normalized spacial score (nSPS) is 29.1. The molecule has 0 spiro atoms. The number of aryl methyl sites for hydroxylation is 1. The molecule has 0 saturated heterocycles. The zero-order valence-electron chi connectivity index (χ0n) is 17.2. The molecule has 1 saturated carbocycles. The van der Waals surface area contributed by atoms with Crippen molar-refractivity contribution < 1.29 is 19.7 Å². The number of phenols is 1. The first-order chi connectivity index (χ1) is 12.9. The number of benzene rings is 1. The summed E-state index contributed by atoms with van der Waals surface area (Å²) >= 11 is 0. The van der Waals surface area contributed by atoms with Crippen molar-refractivity contribution in [3.8, 4) is 11.5 Å². The Bertz CT molecular complexity index is 711. The van der Waals surface area contributed by atoms with Crippen LogP contribution in [0.5, 0.6) is 11.5 Å². The molecule has 1 aromatic carbocycles. The van der Waals surface area contributed by atoms with Crippen molar-refractivity contribution in [3.63, 3.8) is 0 Å². The molecule has 3 rings (SSSR count). The van der Waals surface area contributed by atoms with Gasteiger partial charge >= 0.3 is 5.97 Å². The minimum Gasteiger partial charge on any atom is -0.507 e. The molecule has 1 unspecified atom stereocenters. The Kier molecular flexibility index (Phi) is 5.73. The molecule has 27 heavy (non-hydrogen) atoms. The van der Waals surface area contributed by atoms with Gasteiger partial charge in [-0.1, -0.05) is 40.0 Å². The van der Waals surface area contributed by atoms with Gasteiger partial charge in [0.05, 0.1) is 0 Å². The van der Waals surface area contributed by atoms with Crippen molar-refractivity contribution in [1.29, 1.82) is 0 Å². The molecule has 1 heterocycles. The van der Waals surface area contributed by atoms with Gasteiger partial charge in [-0.15, -0.1) is 0 Å². The number of hydrogen-bond donors (Lipinski definition) is 2. The van der Waals surface area contributed by atoms with Crippen molar-refractivity contribution in [1.82, 2.24) is 0 Å². The molecule has 4 nitrogen and oxygen atoms in total. The third-order valence-corrected chi connectivity index (χ3v) is 6.98. The van der Waals surface area contributed by atoms with Gasteiger partial charge in [-0.3, -0.25) is 0 Å². The van der Waals surface area contributed by atoms with Gasteiger partial charge in [0.2, 0.25) is 0 Å². The summed E-state index contributed by atoms with van der Waals surface area (Å²) in [5, 5.41) is 20.8. The smallest absolute Gasteiger partial charge is 0.339 e. The average Bonchev–Trinajstić information content (AvgIpc) is 2.95. The SMILES string of the molecule is CCCCCc1cc2c(c(O)c1C(=O)O)[C@@H](CC)[C@H]1C(CC)CC[C@@]1(C)O2. The van der Waals surface area contributed by atoms with Crippen molar-refractivity contribution in [3.05, 3.63) is 22.8 Å². The highest BCUT2D eigenvalue weighted by atomic mass is 16.5. The standard InChI is InChI=1S/C23H34O4/c1-5-8-9-10-15-13-17-19(21(24)18(15)22(25)26)16(7-3)20-14(6-2)11-12-23(20,4)27-17/h13-14,16,20,24H,5-12H2,1-4H3,(H,25,26)/t14?,16-,20-,23-/m1/s1. The fourth-order valence-electron chi connectivity index (χ4n) is 5.69. The van der Waals surface area contributed by atoms with Gasteiger partial charge in [-0.25, -0.2) is 4.79 Å². The summed E-state index contributed by atoms with van der Waals surface area (Å²) in [5.74, 6) is 0.662. The Balaban J connectivity index is 2.12. The predicted molar refractivity (Wildman–Crippen MR) is 107 cm³/mol. The number of carboxylic acids is 1. The Morgan fingerprint density at radius 1 is 1.26 bits per heavy atom. The minimum absolute atomic E-state index is 0.0536. The number of aromatic hydroxyl groups is 1. The van der Waals surface area contributed by atoms with Crippen LogP contribution in [0.25, 0.3) is 0 Å². The molecule has 4 atom stereocenters. The molecule has 1 fully saturated rings. The van der Waals surface area contributed by atoms with Crippen LogP contribution >= 0.6 is 0 Å². The first kappa shape index (κ1) is 20.0. The number of aromatic carboxylic acids is 1. The lowest BCUT2D eigenvalue weighted by molar-refractivity contribution is 0.000863. The predicted octanol–water partition coefficient (Wildman–Crippen LogP) is 5.90. The molecule has 1 aromatic rings. The van der Waals surface area contributed by atoms with Crippen molar-refractivity contribution >= 4 is 5.97 Å². The Hall–Kier alpha value is -1.71. The van der Waals surface area contributed by atoms with Crippen molar-refractivity contribution in [2.45, 2.75) is 90.6 Å². The summed E-state index contributed by atoms with van der Waals surface area (Å²) in [7, 11) is 0. The summed E-state index contributed by atoms with van der Waals surface area (Å²) in [5.41, 5.74) is 1.30. The summed E-state index contributed by atoms with van der Waals surface area (Å²) < 4.78 is 6.52. The average molecular weight is 375 g/mol. The number of unbranched alkanes of at least 4 members (excludes halogenated alkanes) is 2. The van der Waals surface area contributed by atoms with Crippen molar-refractivity contribution in [2.24, 2.45) is 11.8 Å². The Morgan fingerprint density at radius 2 is 2.00 bits per heavy atom. The summed E-state index contributed by atoms with van der Waals surface area (Å²) in [6.07, 6.45) is 7.85. The van der Waals surface area contributed by atoms with E-state index in [0.717, 1.165) is 50.5 Å². The monoisotopic (exact) mass is 374 g/mol. The van der Waals surface area contributed by atoms with Gasteiger partial charge in [0.1, 0.15) is 22.7 Å². The minimum atomic E-state index is -1.04. The summed E-state index contributed by atoms with van der Waals surface area (Å²) in [6, 6.07) is 1.91. The van der Waals surface area contributed by atoms with E-state index in [1.54, 1.807) is 0 Å². The quantitative estimate of drug-likeness (QED) is 0.583. The van der Waals surface area contributed by atoms with E-state index in [9.17, 15) is 15.0 Å². The lowest BCUT2D eigenvalue weighted by Crippen LogP contribution is -2.45. The number of ether oxygens (including phenoxy) is 1. The van der Waals surface area contributed by atoms with Crippen LogP contribution in [0.4, 0.5) is 0 Å². The van der Waals surface area contributed by atoms with Gasteiger partial charge in [0.15, 0.2) is 0 Å². The number of carbonyl (C=O) groups is 1. The first-order valence-electron chi connectivity index (χ1n) is 10.7. The maximum Gasteiger partial charge on any atom is 0.339 e. The molecule has 2 aliphatic rings. The van der Waals surface area contributed by atoms with Gasteiger partial charge in [-0.2, -0.15) is 0 Å². The third kappa shape index (κ3) is 3.32. The molecule has 2 N–H and O–H groups in total. The number of fused-ring (bicyclic) bond motifs is 2. The van der Waals surface area contributed by atoms with Gasteiger partial charge in [0.25, 0.3) is 0 Å². The van der Waals surface area contributed by atoms with Crippen LogP contribution < -0.4 is 4.74 Å². The van der Waals surface area contributed by atoms with Crippen LogP contribution in [0.15, 0.2) is 6.07 Å². The highest BCUT2D eigenvalue weighted by Crippen LogP contribution is 2.59. The fourth-order valence-corrected chi connectivity index (χ4v) is 5.69. The molecular weight excluding hydrogens is 340 g/mol. The van der Waals surface area contributed by atoms with Crippen LogP contribution in [0, 0.1) is 11.8 Å². The topological polar surface area (TPSA) is 66.8 Å². The Morgan fingerprint density at radius 3 is 2.59 bits per heavy atom. The molecule has 150 valence electrons. The maximum absolute atomic E-state index is 12.0. The third-order valence-electron chi connectivity index (χ3n) is 6.98.